The summed E-state index contributed by atoms with van der Waals surface area (Å²) in [6.45, 7) is 8.62. The molecule has 2 bridgehead atoms. The molecule has 6 rings (SSSR count). The minimum atomic E-state index is -0.519. The molecule has 2 fully saturated rings. The third-order valence-corrected chi connectivity index (χ3v) is 7.39. The van der Waals surface area contributed by atoms with Gasteiger partial charge in [0.15, 0.2) is 5.58 Å². The van der Waals surface area contributed by atoms with Gasteiger partial charge in [-0.3, -0.25) is 4.90 Å². The summed E-state index contributed by atoms with van der Waals surface area (Å²) in [7, 11) is 0. The highest BCUT2D eigenvalue weighted by Crippen LogP contribution is 2.53. The number of phenolic OH excluding ortho intramolecular Hbond substituents is 1. The van der Waals surface area contributed by atoms with Gasteiger partial charge in [0.1, 0.15) is 22.4 Å². The molecule has 0 spiro atoms. The standard InChI is InChI=1S/C27H28N2O4/c1-26(2)11-17-12-27(3,14-26)15-29(17)13-19-21(30)9-8-16-10-18(25(31)33-23(16)19)24-28-20-6-4-5-7-22(20)32-24/h4-10,17,30H,11-15H2,1-3H3/t17-,27-/m1/s1. The minimum Gasteiger partial charge on any atom is -0.507 e. The number of fused-ring (bicyclic) bond motifs is 4. The van der Waals surface area contributed by atoms with Gasteiger partial charge in [0.05, 0.1) is 5.56 Å². The predicted molar refractivity (Wildman–Crippen MR) is 127 cm³/mol. The number of hydrogen-bond acceptors (Lipinski definition) is 6. The van der Waals surface area contributed by atoms with Crippen LogP contribution in [-0.4, -0.2) is 27.6 Å². The van der Waals surface area contributed by atoms with E-state index in [1.165, 1.54) is 12.8 Å². The number of rotatable bonds is 3. The monoisotopic (exact) mass is 444 g/mol. The van der Waals surface area contributed by atoms with Crippen LogP contribution in [-0.2, 0) is 6.54 Å². The van der Waals surface area contributed by atoms with Gasteiger partial charge >= 0.3 is 5.63 Å². The molecule has 2 aliphatic rings. The molecule has 2 aromatic heterocycles. The van der Waals surface area contributed by atoms with Crippen LogP contribution in [0.3, 0.4) is 0 Å². The molecular weight excluding hydrogens is 416 g/mol. The second-order valence-electron chi connectivity index (χ2n) is 11.0. The smallest absolute Gasteiger partial charge is 0.349 e. The number of phenols is 1. The summed E-state index contributed by atoms with van der Waals surface area (Å²) in [5, 5.41) is 11.5. The predicted octanol–water partition coefficient (Wildman–Crippen LogP) is 5.71. The van der Waals surface area contributed by atoms with E-state index in [1.807, 2.05) is 24.3 Å². The van der Waals surface area contributed by atoms with Crippen LogP contribution in [0.25, 0.3) is 33.5 Å². The summed E-state index contributed by atoms with van der Waals surface area (Å²) in [5.41, 5.74) is 2.77. The Bertz CT molecular complexity index is 1420. The number of likely N-dealkylation sites (tertiary alicyclic amines) is 1. The fourth-order valence-electron chi connectivity index (χ4n) is 6.49. The lowest BCUT2D eigenvalue weighted by Gasteiger charge is -2.40. The Labute approximate surface area is 191 Å². The summed E-state index contributed by atoms with van der Waals surface area (Å²) in [6, 6.07) is 13.1. The van der Waals surface area contributed by atoms with Crippen molar-refractivity contribution in [3.8, 4) is 17.2 Å². The fraction of sp³-hybridized carbons (Fsp3) is 0.407. The molecule has 6 nitrogen and oxygen atoms in total. The van der Waals surface area contributed by atoms with E-state index in [4.69, 9.17) is 8.83 Å². The molecule has 2 aromatic carbocycles. The highest BCUT2D eigenvalue weighted by molar-refractivity contribution is 5.85. The van der Waals surface area contributed by atoms with Gasteiger partial charge in [-0.25, -0.2) is 9.78 Å². The summed E-state index contributed by atoms with van der Waals surface area (Å²) in [4.78, 5) is 19.9. The Kier molecular flexibility index (Phi) is 4.31. The van der Waals surface area contributed by atoms with Crippen LogP contribution in [0, 0.1) is 10.8 Å². The molecular formula is C27H28N2O4. The van der Waals surface area contributed by atoms with Gasteiger partial charge in [-0.2, -0.15) is 0 Å². The molecule has 1 saturated carbocycles. The SMILES string of the molecule is CC1(C)C[C@@H]2C[C@@](C)(CN2Cc2c(O)ccc3cc(-c4nc5ccccc5o4)c(=O)oc23)C1. The zero-order chi connectivity index (χ0) is 23.0. The van der Waals surface area contributed by atoms with Crippen LogP contribution in [0.4, 0.5) is 0 Å². The van der Waals surface area contributed by atoms with Crippen molar-refractivity contribution in [3.63, 3.8) is 0 Å². The number of hydrogen-bond donors (Lipinski definition) is 1. The molecule has 0 unspecified atom stereocenters. The van der Waals surface area contributed by atoms with Gasteiger partial charge in [-0.15, -0.1) is 0 Å². The first kappa shape index (κ1) is 20.5. The normalized spacial score (nSPS) is 24.6. The van der Waals surface area contributed by atoms with E-state index in [1.54, 1.807) is 18.2 Å². The van der Waals surface area contributed by atoms with Gasteiger partial charge < -0.3 is 13.9 Å². The van der Waals surface area contributed by atoms with Crippen molar-refractivity contribution in [1.82, 2.24) is 9.88 Å². The molecule has 2 atom stereocenters. The molecule has 0 amide bonds. The summed E-state index contributed by atoms with van der Waals surface area (Å²) >= 11 is 0. The molecule has 4 aromatic rings. The van der Waals surface area contributed by atoms with Gasteiger partial charge in [0, 0.05) is 24.5 Å². The number of aromatic nitrogens is 1. The molecule has 0 radical (unpaired) electrons. The maximum Gasteiger partial charge on any atom is 0.349 e. The van der Waals surface area contributed by atoms with Crippen molar-refractivity contribution in [2.75, 3.05) is 6.54 Å². The first-order chi connectivity index (χ1) is 15.7. The van der Waals surface area contributed by atoms with Crippen LogP contribution < -0.4 is 5.63 Å². The van der Waals surface area contributed by atoms with E-state index >= 15 is 0 Å². The molecule has 6 heteroatoms. The first-order valence-electron chi connectivity index (χ1n) is 11.6. The molecule has 3 heterocycles. The Hall–Kier alpha value is -3.12. The number of aromatic hydroxyl groups is 1. The molecule has 33 heavy (non-hydrogen) atoms. The average molecular weight is 445 g/mol. The average Bonchev–Trinajstić information content (AvgIpc) is 3.27. The molecule has 1 aliphatic carbocycles. The quantitative estimate of drug-likeness (QED) is 0.408. The lowest BCUT2D eigenvalue weighted by Crippen LogP contribution is -2.34. The van der Waals surface area contributed by atoms with Crippen LogP contribution in [0.2, 0.25) is 0 Å². The van der Waals surface area contributed by atoms with Crippen LogP contribution in [0.5, 0.6) is 5.75 Å². The molecule has 1 N–H and O–H groups in total. The summed E-state index contributed by atoms with van der Waals surface area (Å²) < 4.78 is 11.6. The Morgan fingerprint density at radius 2 is 1.94 bits per heavy atom. The van der Waals surface area contributed by atoms with Gasteiger partial charge in [0.25, 0.3) is 0 Å². The van der Waals surface area contributed by atoms with Crippen molar-refractivity contribution in [1.29, 1.82) is 0 Å². The van der Waals surface area contributed by atoms with E-state index in [-0.39, 0.29) is 22.6 Å². The zero-order valence-corrected chi connectivity index (χ0v) is 19.2. The topological polar surface area (TPSA) is 79.7 Å². The second-order valence-corrected chi connectivity index (χ2v) is 11.0. The van der Waals surface area contributed by atoms with E-state index in [2.05, 4.69) is 30.7 Å². The van der Waals surface area contributed by atoms with Gasteiger partial charge in [-0.1, -0.05) is 32.9 Å². The number of oxazole rings is 1. The van der Waals surface area contributed by atoms with Crippen LogP contribution in [0.15, 0.2) is 56.1 Å². The van der Waals surface area contributed by atoms with Crippen molar-refractivity contribution >= 4 is 22.1 Å². The highest BCUT2D eigenvalue weighted by Gasteiger charge is 2.49. The third-order valence-electron chi connectivity index (χ3n) is 7.39. The van der Waals surface area contributed by atoms with E-state index in [0.29, 0.717) is 40.2 Å². The lowest BCUT2D eigenvalue weighted by atomic mass is 9.65. The maximum absolute atomic E-state index is 13.0. The van der Waals surface area contributed by atoms with Crippen molar-refractivity contribution in [2.24, 2.45) is 10.8 Å². The molecule has 170 valence electrons. The Morgan fingerprint density at radius 3 is 2.76 bits per heavy atom. The Morgan fingerprint density at radius 1 is 1.12 bits per heavy atom. The largest absolute Gasteiger partial charge is 0.507 e. The number of para-hydroxylation sites is 2. The number of nitrogens with zero attached hydrogens (tertiary/aromatic N) is 2. The lowest BCUT2D eigenvalue weighted by molar-refractivity contribution is 0.126. The highest BCUT2D eigenvalue weighted by atomic mass is 16.4. The third kappa shape index (κ3) is 3.44. The van der Waals surface area contributed by atoms with Crippen molar-refractivity contribution in [2.45, 2.75) is 52.6 Å². The van der Waals surface area contributed by atoms with Crippen LogP contribution >= 0.6 is 0 Å². The summed E-state index contributed by atoms with van der Waals surface area (Å²) in [5.74, 6) is 0.399. The van der Waals surface area contributed by atoms with E-state index < -0.39 is 5.63 Å². The van der Waals surface area contributed by atoms with Gasteiger partial charge in [-0.05, 0) is 60.4 Å². The maximum atomic E-state index is 13.0. The number of benzene rings is 2. The van der Waals surface area contributed by atoms with Crippen LogP contribution in [0.1, 0.15) is 45.6 Å². The zero-order valence-electron chi connectivity index (χ0n) is 19.2. The summed E-state index contributed by atoms with van der Waals surface area (Å²) in [6.07, 6.45) is 3.52. The molecule has 1 saturated heterocycles. The van der Waals surface area contributed by atoms with Crippen molar-refractivity contribution in [3.05, 3.63) is 58.4 Å². The molecule has 1 aliphatic heterocycles. The Balaban J connectivity index is 1.40. The van der Waals surface area contributed by atoms with E-state index in [9.17, 15) is 9.90 Å². The minimum absolute atomic E-state index is 0.158. The second kappa shape index (κ2) is 6.94. The van der Waals surface area contributed by atoms with Crippen molar-refractivity contribution < 1.29 is 13.9 Å². The first-order valence-corrected chi connectivity index (χ1v) is 11.6. The fourth-order valence-corrected chi connectivity index (χ4v) is 6.49. The van der Waals surface area contributed by atoms with Gasteiger partial charge in [0.2, 0.25) is 5.89 Å². The van der Waals surface area contributed by atoms with E-state index in [0.717, 1.165) is 18.4 Å².